The number of benzene rings is 1. The molecule has 0 N–H and O–H groups in total. The van der Waals surface area contributed by atoms with Crippen LogP contribution in [0, 0.1) is 6.92 Å². The van der Waals surface area contributed by atoms with Gasteiger partial charge in [-0.3, -0.25) is 9.69 Å². The number of aryl methyl sites for hydroxylation is 1. The Hall–Kier alpha value is -2.25. The first-order valence-electron chi connectivity index (χ1n) is 8.05. The van der Waals surface area contributed by atoms with Gasteiger partial charge in [0.2, 0.25) is 17.6 Å². The van der Waals surface area contributed by atoms with Crippen LogP contribution < -0.4 is 0 Å². The molecule has 7 heteroatoms. The minimum absolute atomic E-state index is 0.0964. The molecule has 1 aromatic carbocycles. The second-order valence-corrected chi connectivity index (χ2v) is 6.04. The number of likely N-dealkylation sites (N-methyl/N-ethyl adjacent to an activating group) is 1. The molecule has 128 valence electrons. The molecular formula is C17H22N4O3. The van der Waals surface area contributed by atoms with Crippen molar-refractivity contribution in [2.45, 2.75) is 13.5 Å². The lowest BCUT2D eigenvalue weighted by Gasteiger charge is -2.28. The average molecular weight is 330 g/mol. The van der Waals surface area contributed by atoms with Crippen LogP contribution in [0.1, 0.15) is 11.5 Å². The van der Waals surface area contributed by atoms with Gasteiger partial charge in [-0.25, -0.2) is 0 Å². The zero-order chi connectivity index (χ0) is 16.9. The number of aromatic nitrogens is 2. The third kappa shape index (κ3) is 4.18. The van der Waals surface area contributed by atoms with Gasteiger partial charge < -0.3 is 14.2 Å². The van der Waals surface area contributed by atoms with Crippen LogP contribution in [0.5, 0.6) is 0 Å². The molecule has 0 saturated carbocycles. The molecule has 1 amide bonds. The summed E-state index contributed by atoms with van der Waals surface area (Å²) in [5.74, 6) is 1.17. The predicted molar refractivity (Wildman–Crippen MR) is 88.2 cm³/mol. The summed E-state index contributed by atoms with van der Waals surface area (Å²) in [4.78, 5) is 20.3. The van der Waals surface area contributed by atoms with Crippen molar-refractivity contribution in [1.29, 1.82) is 0 Å². The molecular weight excluding hydrogens is 308 g/mol. The topological polar surface area (TPSA) is 71.7 Å². The summed E-state index contributed by atoms with van der Waals surface area (Å²) in [7, 11) is 1.87. The third-order valence-corrected chi connectivity index (χ3v) is 3.95. The number of hydrogen-bond acceptors (Lipinski definition) is 6. The monoisotopic (exact) mass is 330 g/mol. The van der Waals surface area contributed by atoms with E-state index in [1.807, 2.05) is 48.0 Å². The van der Waals surface area contributed by atoms with Crippen molar-refractivity contribution in [2.75, 3.05) is 39.9 Å². The number of carbonyl (C=O) groups is 1. The molecule has 0 atom stereocenters. The standard InChI is InChI=1S/C17H22N4O3/c1-13-3-5-14(6-4-13)17-18-15(24-19-17)11-20(2)12-16(22)21-7-9-23-10-8-21/h3-6H,7-12H2,1-2H3. The minimum atomic E-state index is 0.0964. The Labute approximate surface area is 141 Å². The Balaban J connectivity index is 1.55. The van der Waals surface area contributed by atoms with Gasteiger partial charge in [-0.2, -0.15) is 4.98 Å². The number of hydrogen-bond donors (Lipinski definition) is 0. The molecule has 24 heavy (non-hydrogen) atoms. The van der Waals surface area contributed by atoms with Crippen LogP contribution in [0.2, 0.25) is 0 Å². The molecule has 0 bridgehead atoms. The van der Waals surface area contributed by atoms with Crippen LogP contribution in [-0.2, 0) is 16.1 Å². The smallest absolute Gasteiger partial charge is 0.241 e. The van der Waals surface area contributed by atoms with E-state index in [2.05, 4.69) is 10.1 Å². The van der Waals surface area contributed by atoms with Crippen molar-refractivity contribution in [2.24, 2.45) is 0 Å². The molecule has 0 radical (unpaired) electrons. The maximum atomic E-state index is 12.2. The number of carbonyl (C=O) groups excluding carboxylic acids is 1. The SMILES string of the molecule is Cc1ccc(-c2noc(CN(C)CC(=O)N3CCOCC3)n2)cc1. The molecule has 1 saturated heterocycles. The highest BCUT2D eigenvalue weighted by Crippen LogP contribution is 2.16. The van der Waals surface area contributed by atoms with Crippen LogP contribution >= 0.6 is 0 Å². The third-order valence-electron chi connectivity index (χ3n) is 3.95. The van der Waals surface area contributed by atoms with Crippen LogP contribution in [0.4, 0.5) is 0 Å². The van der Waals surface area contributed by atoms with E-state index < -0.39 is 0 Å². The van der Waals surface area contributed by atoms with E-state index in [4.69, 9.17) is 9.26 Å². The quantitative estimate of drug-likeness (QED) is 0.824. The van der Waals surface area contributed by atoms with Gasteiger partial charge in [0.15, 0.2) is 0 Å². The Bertz CT molecular complexity index is 677. The molecule has 1 aliphatic rings. The zero-order valence-corrected chi connectivity index (χ0v) is 14.1. The number of nitrogens with zero attached hydrogens (tertiary/aromatic N) is 4. The van der Waals surface area contributed by atoms with Gasteiger partial charge in [0.25, 0.3) is 0 Å². The number of rotatable bonds is 5. The number of amides is 1. The Morgan fingerprint density at radius 2 is 1.96 bits per heavy atom. The first-order valence-corrected chi connectivity index (χ1v) is 8.05. The fourth-order valence-electron chi connectivity index (χ4n) is 2.57. The molecule has 3 rings (SSSR count). The zero-order valence-electron chi connectivity index (χ0n) is 14.1. The Morgan fingerprint density at radius 3 is 2.67 bits per heavy atom. The highest BCUT2D eigenvalue weighted by Gasteiger charge is 2.19. The summed E-state index contributed by atoms with van der Waals surface area (Å²) < 4.78 is 10.6. The number of ether oxygens (including phenoxy) is 1. The van der Waals surface area contributed by atoms with E-state index in [1.165, 1.54) is 5.56 Å². The van der Waals surface area contributed by atoms with Gasteiger partial charge in [0.1, 0.15) is 0 Å². The lowest BCUT2D eigenvalue weighted by molar-refractivity contribution is -0.136. The summed E-state index contributed by atoms with van der Waals surface area (Å²) in [6, 6.07) is 7.96. The second kappa shape index (κ2) is 7.55. The van der Waals surface area contributed by atoms with Gasteiger partial charge in [-0.1, -0.05) is 35.0 Å². The molecule has 2 aromatic rings. The molecule has 1 aliphatic heterocycles. The fourth-order valence-corrected chi connectivity index (χ4v) is 2.57. The normalized spacial score (nSPS) is 15.0. The van der Waals surface area contributed by atoms with E-state index in [0.717, 1.165) is 5.56 Å². The van der Waals surface area contributed by atoms with Gasteiger partial charge in [0, 0.05) is 18.7 Å². The summed E-state index contributed by atoms with van der Waals surface area (Å²) in [5.41, 5.74) is 2.10. The average Bonchev–Trinajstić information content (AvgIpc) is 3.04. The van der Waals surface area contributed by atoms with Gasteiger partial charge in [0.05, 0.1) is 26.3 Å². The van der Waals surface area contributed by atoms with Crippen molar-refractivity contribution < 1.29 is 14.1 Å². The highest BCUT2D eigenvalue weighted by molar-refractivity contribution is 5.78. The molecule has 0 aliphatic carbocycles. The Kier molecular flexibility index (Phi) is 5.22. The second-order valence-electron chi connectivity index (χ2n) is 6.04. The van der Waals surface area contributed by atoms with Gasteiger partial charge in [-0.15, -0.1) is 0 Å². The molecule has 2 heterocycles. The highest BCUT2D eigenvalue weighted by atomic mass is 16.5. The van der Waals surface area contributed by atoms with Gasteiger partial charge in [-0.05, 0) is 14.0 Å². The number of morpholine rings is 1. The van der Waals surface area contributed by atoms with Gasteiger partial charge >= 0.3 is 0 Å². The van der Waals surface area contributed by atoms with E-state index in [0.29, 0.717) is 51.1 Å². The lowest BCUT2D eigenvalue weighted by atomic mass is 10.1. The van der Waals surface area contributed by atoms with Crippen molar-refractivity contribution in [3.8, 4) is 11.4 Å². The van der Waals surface area contributed by atoms with E-state index in [9.17, 15) is 4.79 Å². The largest absolute Gasteiger partial charge is 0.378 e. The summed E-state index contributed by atoms with van der Waals surface area (Å²) in [5, 5.41) is 4.01. The van der Waals surface area contributed by atoms with Crippen LogP contribution in [0.3, 0.4) is 0 Å². The minimum Gasteiger partial charge on any atom is -0.378 e. The van der Waals surface area contributed by atoms with E-state index in [-0.39, 0.29) is 5.91 Å². The van der Waals surface area contributed by atoms with Crippen LogP contribution in [0.15, 0.2) is 28.8 Å². The van der Waals surface area contributed by atoms with Crippen LogP contribution in [0.25, 0.3) is 11.4 Å². The fraction of sp³-hybridized carbons (Fsp3) is 0.471. The summed E-state index contributed by atoms with van der Waals surface area (Å²) >= 11 is 0. The maximum Gasteiger partial charge on any atom is 0.241 e. The van der Waals surface area contributed by atoms with Crippen molar-refractivity contribution in [3.63, 3.8) is 0 Å². The summed E-state index contributed by atoms with van der Waals surface area (Å²) in [6.07, 6.45) is 0. The van der Waals surface area contributed by atoms with Crippen LogP contribution in [-0.4, -0.2) is 65.7 Å². The van der Waals surface area contributed by atoms with E-state index in [1.54, 1.807) is 0 Å². The molecule has 7 nitrogen and oxygen atoms in total. The van der Waals surface area contributed by atoms with Crippen molar-refractivity contribution in [1.82, 2.24) is 19.9 Å². The molecule has 0 unspecified atom stereocenters. The first-order chi connectivity index (χ1) is 11.6. The molecule has 1 aromatic heterocycles. The predicted octanol–water partition coefficient (Wildman–Crippen LogP) is 1.34. The van der Waals surface area contributed by atoms with E-state index >= 15 is 0 Å². The Morgan fingerprint density at radius 1 is 1.25 bits per heavy atom. The maximum absolute atomic E-state index is 12.2. The first kappa shape index (κ1) is 16.6. The lowest BCUT2D eigenvalue weighted by Crippen LogP contribution is -2.44. The van der Waals surface area contributed by atoms with Crippen molar-refractivity contribution >= 4 is 5.91 Å². The van der Waals surface area contributed by atoms with Crippen molar-refractivity contribution in [3.05, 3.63) is 35.7 Å². The summed E-state index contributed by atoms with van der Waals surface area (Å²) in [6.45, 7) is 5.33. The molecule has 0 spiro atoms. The molecule has 1 fully saturated rings.